The average Bonchev–Trinajstić information content (AvgIpc) is 2.84. The number of carbonyl (C=O) groups excluding carboxylic acids is 1. The van der Waals surface area contributed by atoms with Gasteiger partial charge in [0.25, 0.3) is 5.91 Å². The summed E-state index contributed by atoms with van der Waals surface area (Å²) in [6.45, 7) is 14.3. The minimum atomic E-state index is -0.128. The molecule has 36 heavy (non-hydrogen) atoms. The minimum absolute atomic E-state index is 0.128. The fraction of sp³-hybridized carbons (Fsp3) is 0.414. The van der Waals surface area contributed by atoms with Gasteiger partial charge in [0.05, 0.1) is 11.4 Å². The van der Waals surface area contributed by atoms with E-state index >= 15 is 0 Å². The standard InChI is InChI=1S/C29H38ClN5O/c1-19(2)13-22-11-12-24(30)15-26(22)28(35-31-5)23-14-21(16-32-18-23)17-33-27(20(3)4)29(36)34-25-9-7-6-8-10-25/h6-12,15,19,21,23,32-33H,5,13-14,16-18H2,1-4H3,(H,34,36)/b35-28+. The second-order valence-electron chi connectivity index (χ2n) is 10.1. The van der Waals surface area contributed by atoms with Crippen LogP contribution in [0.25, 0.3) is 0 Å². The molecule has 192 valence electrons. The van der Waals surface area contributed by atoms with Crippen molar-refractivity contribution in [3.63, 3.8) is 0 Å². The van der Waals surface area contributed by atoms with Gasteiger partial charge in [-0.2, -0.15) is 10.2 Å². The maximum atomic E-state index is 12.9. The number of halogens is 1. The fourth-order valence-electron chi connectivity index (χ4n) is 4.68. The Bertz CT molecular complexity index is 1110. The number of hydrogen-bond donors (Lipinski definition) is 3. The van der Waals surface area contributed by atoms with E-state index in [1.54, 1.807) is 0 Å². The Balaban J connectivity index is 1.73. The molecule has 3 N–H and O–H groups in total. The Hall–Kier alpha value is -2.96. The number of amides is 1. The van der Waals surface area contributed by atoms with E-state index < -0.39 is 0 Å². The second-order valence-corrected chi connectivity index (χ2v) is 10.5. The molecule has 0 bridgehead atoms. The van der Waals surface area contributed by atoms with Crippen molar-refractivity contribution in [2.75, 3.05) is 25.0 Å². The molecule has 7 heteroatoms. The van der Waals surface area contributed by atoms with E-state index in [0.717, 1.165) is 48.5 Å². The third-order valence-corrected chi connectivity index (χ3v) is 6.54. The van der Waals surface area contributed by atoms with Gasteiger partial charge in [-0.15, -0.1) is 0 Å². The van der Waals surface area contributed by atoms with E-state index in [0.29, 0.717) is 29.1 Å². The summed E-state index contributed by atoms with van der Waals surface area (Å²) >= 11 is 6.40. The third-order valence-electron chi connectivity index (χ3n) is 6.31. The lowest BCUT2D eigenvalue weighted by atomic mass is 9.82. The van der Waals surface area contributed by atoms with Gasteiger partial charge in [-0.3, -0.25) is 4.79 Å². The highest BCUT2D eigenvalue weighted by Gasteiger charge is 2.28. The van der Waals surface area contributed by atoms with Crippen molar-refractivity contribution in [1.82, 2.24) is 10.6 Å². The summed E-state index contributed by atoms with van der Waals surface area (Å²) in [5.74, 6) is 0.852. The predicted molar refractivity (Wildman–Crippen MR) is 152 cm³/mol. The number of piperidine rings is 1. The number of anilines is 1. The van der Waals surface area contributed by atoms with Crippen molar-refractivity contribution in [2.45, 2.75) is 40.5 Å². The van der Waals surface area contributed by atoms with Crippen LogP contribution in [0.2, 0.25) is 5.02 Å². The molecule has 2 aromatic carbocycles. The fourth-order valence-corrected chi connectivity index (χ4v) is 4.85. The topological polar surface area (TPSA) is 77.9 Å². The van der Waals surface area contributed by atoms with E-state index in [4.69, 9.17) is 11.6 Å². The second kappa shape index (κ2) is 13.4. The van der Waals surface area contributed by atoms with Crippen LogP contribution in [0.3, 0.4) is 0 Å². The number of carbonyl (C=O) groups is 1. The maximum Gasteiger partial charge on any atom is 0.271 e. The molecule has 6 nitrogen and oxygen atoms in total. The Morgan fingerprint density at radius 1 is 1.17 bits per heavy atom. The summed E-state index contributed by atoms with van der Waals surface area (Å²) in [5.41, 5.74) is 5.53. The Kier molecular flexibility index (Phi) is 10.3. The molecule has 1 aliphatic rings. The predicted octanol–water partition coefficient (Wildman–Crippen LogP) is 5.69. The first kappa shape index (κ1) is 27.6. The first-order valence-electron chi connectivity index (χ1n) is 12.6. The molecular formula is C29H38ClN5O. The van der Waals surface area contributed by atoms with Gasteiger partial charge in [-0.1, -0.05) is 49.7 Å². The van der Waals surface area contributed by atoms with Crippen molar-refractivity contribution < 1.29 is 4.79 Å². The van der Waals surface area contributed by atoms with Crippen molar-refractivity contribution in [3.8, 4) is 0 Å². The van der Waals surface area contributed by atoms with Crippen molar-refractivity contribution in [2.24, 2.45) is 28.0 Å². The molecular weight excluding hydrogens is 470 g/mol. The number of hydrogen-bond acceptors (Lipinski definition) is 5. The zero-order valence-corrected chi connectivity index (χ0v) is 22.5. The van der Waals surface area contributed by atoms with Crippen LogP contribution in [-0.2, 0) is 11.2 Å². The average molecular weight is 508 g/mol. The molecule has 2 aromatic rings. The molecule has 1 heterocycles. The summed E-state index contributed by atoms with van der Waals surface area (Å²) in [6.07, 6.45) is 1.85. The van der Waals surface area contributed by atoms with Gasteiger partial charge in [-0.25, -0.2) is 0 Å². The van der Waals surface area contributed by atoms with Gasteiger partial charge in [-0.05, 0) is 80.5 Å². The van der Waals surface area contributed by atoms with Crippen LogP contribution in [0, 0.1) is 17.8 Å². The van der Waals surface area contributed by atoms with Crippen molar-refractivity contribution in [1.29, 1.82) is 0 Å². The lowest BCUT2D eigenvalue weighted by Crippen LogP contribution is -2.44. The third kappa shape index (κ3) is 7.77. The zero-order chi connectivity index (χ0) is 26.1. The highest BCUT2D eigenvalue weighted by atomic mass is 35.5. The van der Waals surface area contributed by atoms with Crippen molar-refractivity contribution >= 4 is 35.6 Å². The van der Waals surface area contributed by atoms with Gasteiger partial charge < -0.3 is 16.0 Å². The molecule has 1 fully saturated rings. The summed E-state index contributed by atoms with van der Waals surface area (Å²) in [6, 6.07) is 15.5. The summed E-state index contributed by atoms with van der Waals surface area (Å²) in [5, 5.41) is 19.1. The van der Waals surface area contributed by atoms with Crippen molar-refractivity contribution in [3.05, 3.63) is 76.0 Å². The van der Waals surface area contributed by atoms with Crippen LogP contribution in [0.5, 0.6) is 0 Å². The van der Waals surface area contributed by atoms with E-state index in [1.807, 2.05) is 56.3 Å². The molecule has 0 aromatic heterocycles. The van der Waals surface area contributed by atoms with Gasteiger partial charge >= 0.3 is 0 Å². The monoisotopic (exact) mass is 507 g/mol. The minimum Gasteiger partial charge on any atom is -0.380 e. The largest absolute Gasteiger partial charge is 0.380 e. The van der Waals surface area contributed by atoms with Gasteiger partial charge in [0, 0.05) is 42.0 Å². The van der Waals surface area contributed by atoms with E-state index in [1.165, 1.54) is 5.56 Å². The number of benzene rings is 2. The number of allylic oxidation sites excluding steroid dienone is 1. The highest BCUT2D eigenvalue weighted by Crippen LogP contribution is 2.27. The summed E-state index contributed by atoms with van der Waals surface area (Å²) in [7, 11) is 0. The highest BCUT2D eigenvalue weighted by molar-refractivity contribution is 6.31. The Morgan fingerprint density at radius 3 is 2.58 bits per heavy atom. The van der Waals surface area contributed by atoms with E-state index in [9.17, 15) is 4.79 Å². The normalized spacial score (nSPS) is 18.0. The molecule has 1 aliphatic heterocycles. The molecule has 3 rings (SSSR count). The van der Waals surface area contributed by atoms with Gasteiger partial charge in [0.1, 0.15) is 0 Å². The van der Waals surface area contributed by atoms with E-state index in [-0.39, 0.29) is 11.8 Å². The van der Waals surface area contributed by atoms with Crippen LogP contribution >= 0.6 is 11.6 Å². The first-order chi connectivity index (χ1) is 17.3. The van der Waals surface area contributed by atoms with Crippen LogP contribution < -0.4 is 16.0 Å². The molecule has 2 unspecified atom stereocenters. The lowest BCUT2D eigenvalue weighted by molar-refractivity contribution is -0.113. The number of rotatable bonds is 10. The Labute approximate surface area is 220 Å². The molecule has 0 saturated carbocycles. The van der Waals surface area contributed by atoms with Crippen LogP contribution in [0.1, 0.15) is 45.2 Å². The Morgan fingerprint density at radius 2 is 1.92 bits per heavy atom. The molecule has 0 aliphatic carbocycles. The van der Waals surface area contributed by atoms with Crippen LogP contribution in [-0.4, -0.2) is 38.0 Å². The molecule has 2 atom stereocenters. The quantitative estimate of drug-likeness (QED) is 0.219. The number of para-hydroxylation sites is 1. The number of nitrogens with one attached hydrogen (secondary N) is 3. The van der Waals surface area contributed by atoms with Gasteiger partial charge in [0.15, 0.2) is 0 Å². The molecule has 0 radical (unpaired) electrons. The summed E-state index contributed by atoms with van der Waals surface area (Å²) < 4.78 is 0. The van der Waals surface area contributed by atoms with Gasteiger partial charge in [0.2, 0.25) is 0 Å². The zero-order valence-electron chi connectivity index (χ0n) is 21.8. The van der Waals surface area contributed by atoms with E-state index in [2.05, 4.69) is 52.8 Å². The molecule has 0 spiro atoms. The molecule has 1 saturated heterocycles. The first-order valence-corrected chi connectivity index (χ1v) is 13.0. The SMILES string of the molecule is C=N/N=C(/c1cc(Cl)ccc1CC(C)C)C1CNCC(CNC(C(=O)Nc2ccccc2)=C(C)C)C1. The lowest BCUT2D eigenvalue weighted by Gasteiger charge is -2.32. The van der Waals surface area contributed by atoms with Crippen LogP contribution in [0.4, 0.5) is 5.69 Å². The van der Waals surface area contributed by atoms with Crippen LogP contribution in [0.15, 0.2) is 70.0 Å². The molecule has 1 amide bonds. The maximum absolute atomic E-state index is 12.9. The summed E-state index contributed by atoms with van der Waals surface area (Å²) in [4.78, 5) is 12.9. The smallest absolute Gasteiger partial charge is 0.271 e. The number of nitrogens with zero attached hydrogens (tertiary/aromatic N) is 2.